The molecule has 0 aliphatic carbocycles. The summed E-state index contributed by atoms with van der Waals surface area (Å²) in [6, 6.07) is 0. The molecule has 0 bridgehead atoms. The van der Waals surface area contributed by atoms with Gasteiger partial charge >= 0.3 is 16.1 Å². The SMILES string of the molecule is O=P(O)(O)O.O=[P+](O)O.[Hf]. The van der Waals surface area contributed by atoms with Gasteiger partial charge in [-0.3, -0.25) is 0 Å². The summed E-state index contributed by atoms with van der Waals surface area (Å²) in [5, 5.41) is 0. The second-order valence-corrected chi connectivity index (χ2v) is 2.30. The molecule has 0 aromatic rings. The van der Waals surface area contributed by atoms with E-state index in [4.69, 9.17) is 33.6 Å². The molecule has 0 rings (SSSR count). The normalized spacial score (nSPS) is 8.50. The van der Waals surface area contributed by atoms with E-state index in [-0.39, 0.29) is 25.8 Å². The second kappa shape index (κ2) is 8.10. The Morgan fingerprint density at radius 1 is 1.10 bits per heavy atom. The largest absolute Gasteiger partial charge is 0.692 e. The average molecular weight is 357 g/mol. The average Bonchev–Trinajstić information content (AvgIpc) is 1.19. The Morgan fingerprint density at radius 3 is 1.10 bits per heavy atom. The van der Waals surface area contributed by atoms with Gasteiger partial charge in [0.15, 0.2) is 0 Å². The van der Waals surface area contributed by atoms with Gasteiger partial charge < -0.3 is 14.7 Å². The van der Waals surface area contributed by atoms with Crippen LogP contribution in [-0.2, 0) is 35.0 Å². The Bertz CT molecular complexity index is 111. The van der Waals surface area contributed by atoms with Crippen molar-refractivity contribution in [3.63, 3.8) is 0 Å². The molecule has 10 heteroatoms. The third-order valence-corrected chi connectivity index (χ3v) is 0. The van der Waals surface area contributed by atoms with Crippen molar-refractivity contribution in [1.82, 2.24) is 0 Å². The Hall–Kier alpha value is 1.00. The van der Waals surface area contributed by atoms with E-state index in [1.165, 1.54) is 0 Å². The van der Waals surface area contributed by atoms with E-state index in [1.54, 1.807) is 0 Å². The molecule has 0 saturated carbocycles. The van der Waals surface area contributed by atoms with Crippen molar-refractivity contribution in [3.05, 3.63) is 0 Å². The maximum atomic E-state index is 8.88. The van der Waals surface area contributed by atoms with Crippen molar-refractivity contribution >= 4 is 16.1 Å². The zero-order valence-corrected chi connectivity index (χ0v) is 9.83. The third-order valence-electron chi connectivity index (χ3n) is 0. The zero-order valence-electron chi connectivity index (χ0n) is 4.45. The molecule has 0 amide bonds. The fourth-order valence-electron chi connectivity index (χ4n) is 0. The van der Waals surface area contributed by atoms with E-state index in [2.05, 4.69) is 0 Å². The van der Waals surface area contributed by atoms with Gasteiger partial charge in [-0.25, -0.2) is 4.57 Å². The first kappa shape index (κ1) is 17.2. The molecule has 0 spiro atoms. The predicted molar refractivity (Wildman–Crippen MR) is 26.3 cm³/mol. The van der Waals surface area contributed by atoms with Crippen LogP contribution in [0, 0.1) is 0 Å². The zero-order chi connectivity index (χ0) is 8.08. The first-order chi connectivity index (χ1) is 3.73. The molecule has 7 nitrogen and oxygen atoms in total. The van der Waals surface area contributed by atoms with Crippen LogP contribution < -0.4 is 0 Å². The van der Waals surface area contributed by atoms with Crippen LogP contribution in [-0.4, -0.2) is 24.5 Å². The minimum Gasteiger partial charge on any atom is -0.303 e. The summed E-state index contributed by atoms with van der Waals surface area (Å²) in [7, 11) is -7.51. The molecule has 0 saturated heterocycles. The maximum absolute atomic E-state index is 8.88. The summed E-state index contributed by atoms with van der Waals surface area (Å²) in [5.41, 5.74) is 0. The molecule has 0 atom stereocenters. The molecule has 0 aromatic carbocycles. The van der Waals surface area contributed by atoms with Gasteiger partial charge in [-0.1, -0.05) is 0 Å². The Labute approximate surface area is 75.7 Å². The van der Waals surface area contributed by atoms with E-state index in [0.29, 0.717) is 0 Å². The first-order valence-corrected chi connectivity index (χ1v) is 4.10. The summed E-state index contributed by atoms with van der Waals surface area (Å²) < 4.78 is 17.6. The molecular weight excluding hydrogens is 352 g/mol. The van der Waals surface area contributed by atoms with Gasteiger partial charge in [0, 0.05) is 30.4 Å². The third kappa shape index (κ3) is 576. The monoisotopic (exact) mass is 359 g/mol. The van der Waals surface area contributed by atoms with Crippen LogP contribution in [0.5, 0.6) is 0 Å². The predicted octanol–water partition coefficient (Wildman–Crippen LogP) is -1.30. The Morgan fingerprint density at radius 2 is 1.10 bits per heavy atom. The van der Waals surface area contributed by atoms with E-state index < -0.39 is 16.1 Å². The van der Waals surface area contributed by atoms with Gasteiger partial charge in [-0.05, 0) is 0 Å². The van der Waals surface area contributed by atoms with Crippen molar-refractivity contribution < 1.29 is 59.4 Å². The van der Waals surface area contributed by atoms with Gasteiger partial charge in [-0.15, -0.1) is 9.79 Å². The Balaban J connectivity index is -0.0000000910. The number of phosphoric acid groups is 1. The summed E-state index contributed by atoms with van der Waals surface area (Å²) in [6.45, 7) is 0. The first-order valence-electron chi connectivity index (χ1n) is 1.37. The van der Waals surface area contributed by atoms with Crippen LogP contribution in [0.4, 0.5) is 0 Å². The molecule has 60 valence electrons. The maximum Gasteiger partial charge on any atom is 0.692 e. The van der Waals surface area contributed by atoms with Gasteiger partial charge in [0.25, 0.3) is 0 Å². The van der Waals surface area contributed by atoms with E-state index in [9.17, 15) is 0 Å². The topological polar surface area (TPSA) is 135 Å². The molecule has 0 radical (unpaired) electrons. The van der Waals surface area contributed by atoms with Gasteiger partial charge in [0.2, 0.25) is 0 Å². The van der Waals surface area contributed by atoms with Crippen LogP contribution in [0.15, 0.2) is 0 Å². The van der Waals surface area contributed by atoms with E-state index in [1.807, 2.05) is 0 Å². The van der Waals surface area contributed by atoms with Crippen LogP contribution in [0.3, 0.4) is 0 Å². The fourth-order valence-corrected chi connectivity index (χ4v) is 0. The smallest absolute Gasteiger partial charge is 0.303 e. The molecule has 5 N–H and O–H groups in total. The summed E-state index contributed by atoms with van der Waals surface area (Å²) in [6.07, 6.45) is 0. The quantitative estimate of drug-likeness (QED) is 0.268. The van der Waals surface area contributed by atoms with Crippen molar-refractivity contribution in [1.29, 1.82) is 0 Å². The minimum atomic E-state index is -4.64. The van der Waals surface area contributed by atoms with Crippen molar-refractivity contribution in [2.24, 2.45) is 0 Å². The summed E-state index contributed by atoms with van der Waals surface area (Å²) in [5.74, 6) is 0. The molecular formula is H5HfO7P2+. The van der Waals surface area contributed by atoms with Gasteiger partial charge in [0.05, 0.1) is 0 Å². The molecule has 0 aliphatic heterocycles. The number of hydrogen-bond donors (Lipinski definition) is 5. The van der Waals surface area contributed by atoms with E-state index in [0.717, 1.165) is 0 Å². The summed E-state index contributed by atoms with van der Waals surface area (Å²) >= 11 is 0. The Kier molecular flexibility index (Phi) is 13.9. The second-order valence-electron chi connectivity index (χ2n) is 0.766. The molecule has 0 heterocycles. The van der Waals surface area contributed by atoms with Gasteiger partial charge in [-0.2, -0.15) is 0 Å². The molecule has 10 heavy (non-hydrogen) atoms. The van der Waals surface area contributed by atoms with Crippen LogP contribution in [0.1, 0.15) is 0 Å². The van der Waals surface area contributed by atoms with Gasteiger partial charge in [0.1, 0.15) is 0 Å². The van der Waals surface area contributed by atoms with Crippen molar-refractivity contribution in [2.45, 2.75) is 0 Å². The fraction of sp³-hybridized carbons (Fsp3) is 0. The molecule has 0 fully saturated rings. The summed E-state index contributed by atoms with van der Waals surface area (Å²) in [4.78, 5) is 35.8. The van der Waals surface area contributed by atoms with E-state index >= 15 is 0 Å². The van der Waals surface area contributed by atoms with Crippen LogP contribution in [0.25, 0.3) is 0 Å². The van der Waals surface area contributed by atoms with Crippen LogP contribution in [0.2, 0.25) is 0 Å². The minimum absolute atomic E-state index is 0. The number of rotatable bonds is 0. The van der Waals surface area contributed by atoms with Crippen molar-refractivity contribution in [2.75, 3.05) is 0 Å². The van der Waals surface area contributed by atoms with Crippen LogP contribution >= 0.6 is 16.1 Å². The molecule has 0 aliphatic rings. The molecule has 0 unspecified atom stereocenters. The standard InChI is InChI=1S/Hf.H3O4P.HO3P/c;1-5(2,3)4;1-4(2)3/h;(H3,1,2,3,4);(H-,1,2,3)/p+1. The van der Waals surface area contributed by atoms with Crippen molar-refractivity contribution in [3.8, 4) is 0 Å². The molecule has 0 aromatic heterocycles. The number of hydrogen-bond acceptors (Lipinski definition) is 2.